The van der Waals surface area contributed by atoms with Crippen molar-refractivity contribution in [1.82, 2.24) is 19.4 Å². The minimum Gasteiger partial charge on any atom is -0.496 e. The van der Waals surface area contributed by atoms with E-state index in [-0.39, 0.29) is 0 Å². The number of piperazine rings is 1. The smallest absolute Gasteiger partial charge is 0.247 e. The molecule has 1 fully saturated rings. The molecule has 0 saturated carbocycles. The lowest BCUT2D eigenvalue weighted by Gasteiger charge is -2.33. The van der Waals surface area contributed by atoms with Gasteiger partial charge in [-0.2, -0.15) is 4.31 Å². The average Bonchev–Trinajstić information content (AvgIpc) is 3.27. The van der Waals surface area contributed by atoms with Gasteiger partial charge in [-0.1, -0.05) is 18.2 Å². The molecule has 0 atom stereocenters. The second-order valence-corrected chi connectivity index (χ2v) is 9.43. The molecule has 0 radical (unpaired) electrons. The number of hydrogen-bond acceptors (Lipinski definition) is 7. The summed E-state index contributed by atoms with van der Waals surface area (Å²) in [6, 6.07) is 14.6. The maximum absolute atomic E-state index is 13.0. The summed E-state index contributed by atoms with van der Waals surface area (Å²) in [6.07, 6.45) is 0.629. The minimum atomic E-state index is -3.52. The molecule has 2 heterocycles. The molecule has 1 aromatic heterocycles. The normalized spacial score (nSPS) is 15.8. The van der Waals surface area contributed by atoms with E-state index in [9.17, 15) is 8.42 Å². The van der Waals surface area contributed by atoms with E-state index in [0.717, 1.165) is 17.7 Å². The first kappa shape index (κ1) is 21.5. The van der Waals surface area contributed by atoms with Crippen LogP contribution in [-0.2, 0) is 16.4 Å². The van der Waals surface area contributed by atoms with E-state index in [1.165, 1.54) is 0 Å². The minimum absolute atomic E-state index is 0.304. The fourth-order valence-electron chi connectivity index (χ4n) is 3.66. The molecular formula is C22H26N4O4S. The van der Waals surface area contributed by atoms with Crippen LogP contribution in [0.15, 0.2) is 57.8 Å². The van der Waals surface area contributed by atoms with Crippen LogP contribution < -0.4 is 4.74 Å². The van der Waals surface area contributed by atoms with Crippen molar-refractivity contribution in [3.63, 3.8) is 0 Å². The standard InChI is InChI=1S/C22H26N4O4S/c1-17-16-19(8-9-20(17)29-2)31(27,28)26-14-12-25(13-15-26)11-10-21-23-24-22(30-21)18-6-4-3-5-7-18/h3-9,16H,10-15H2,1-2H3. The van der Waals surface area contributed by atoms with Gasteiger partial charge in [-0.05, 0) is 42.8 Å². The third kappa shape index (κ3) is 4.79. The highest BCUT2D eigenvalue weighted by Gasteiger charge is 2.29. The Morgan fingerprint density at radius 3 is 2.45 bits per heavy atom. The van der Waals surface area contributed by atoms with Crippen LogP contribution in [0, 0.1) is 6.92 Å². The molecule has 0 amide bonds. The molecular weight excluding hydrogens is 416 g/mol. The number of aromatic nitrogens is 2. The van der Waals surface area contributed by atoms with Crippen molar-refractivity contribution < 1.29 is 17.6 Å². The van der Waals surface area contributed by atoms with E-state index in [0.29, 0.717) is 55.0 Å². The molecule has 0 bridgehead atoms. The number of hydrogen-bond donors (Lipinski definition) is 0. The number of methoxy groups -OCH3 is 1. The van der Waals surface area contributed by atoms with Gasteiger partial charge >= 0.3 is 0 Å². The van der Waals surface area contributed by atoms with Crippen LogP contribution in [-0.4, -0.2) is 67.7 Å². The highest BCUT2D eigenvalue weighted by atomic mass is 32.2. The van der Waals surface area contributed by atoms with Gasteiger partial charge in [0.25, 0.3) is 0 Å². The number of nitrogens with zero attached hydrogens (tertiary/aromatic N) is 4. The van der Waals surface area contributed by atoms with Gasteiger partial charge in [0, 0.05) is 44.7 Å². The summed E-state index contributed by atoms with van der Waals surface area (Å²) < 4.78 is 38.5. The summed E-state index contributed by atoms with van der Waals surface area (Å²) in [5.74, 6) is 1.78. The number of ether oxygens (including phenoxy) is 1. The molecule has 1 aliphatic heterocycles. The average molecular weight is 443 g/mol. The molecule has 4 rings (SSSR count). The largest absolute Gasteiger partial charge is 0.496 e. The molecule has 31 heavy (non-hydrogen) atoms. The number of aryl methyl sites for hydroxylation is 1. The third-order valence-corrected chi connectivity index (χ3v) is 7.36. The molecule has 8 nitrogen and oxygen atoms in total. The van der Waals surface area contributed by atoms with Crippen molar-refractivity contribution in [2.75, 3.05) is 39.8 Å². The van der Waals surface area contributed by atoms with E-state index >= 15 is 0 Å². The maximum atomic E-state index is 13.0. The van der Waals surface area contributed by atoms with Gasteiger partial charge in [-0.3, -0.25) is 0 Å². The quantitative estimate of drug-likeness (QED) is 0.556. The van der Waals surface area contributed by atoms with Gasteiger partial charge in [-0.25, -0.2) is 8.42 Å². The first-order valence-corrected chi connectivity index (χ1v) is 11.7. The monoisotopic (exact) mass is 442 g/mol. The zero-order chi connectivity index (χ0) is 21.8. The van der Waals surface area contributed by atoms with Crippen LogP contribution in [0.5, 0.6) is 5.75 Å². The molecule has 2 aromatic carbocycles. The fourth-order valence-corrected chi connectivity index (χ4v) is 5.17. The van der Waals surface area contributed by atoms with E-state index in [1.807, 2.05) is 37.3 Å². The van der Waals surface area contributed by atoms with Crippen molar-refractivity contribution in [2.45, 2.75) is 18.2 Å². The van der Waals surface area contributed by atoms with Gasteiger partial charge < -0.3 is 14.1 Å². The molecule has 0 N–H and O–H groups in total. The van der Waals surface area contributed by atoms with Crippen LogP contribution in [0.3, 0.4) is 0 Å². The Hall–Kier alpha value is -2.75. The Bertz CT molecular complexity index is 1120. The first-order valence-electron chi connectivity index (χ1n) is 10.2. The molecule has 0 spiro atoms. The van der Waals surface area contributed by atoms with Crippen LogP contribution >= 0.6 is 0 Å². The van der Waals surface area contributed by atoms with E-state index in [4.69, 9.17) is 9.15 Å². The molecule has 164 valence electrons. The highest BCUT2D eigenvalue weighted by Crippen LogP contribution is 2.24. The zero-order valence-corrected chi connectivity index (χ0v) is 18.5. The zero-order valence-electron chi connectivity index (χ0n) is 17.7. The van der Waals surface area contributed by atoms with Crippen molar-refractivity contribution in [2.24, 2.45) is 0 Å². The van der Waals surface area contributed by atoms with E-state index in [1.54, 1.807) is 29.6 Å². The molecule has 3 aromatic rings. The highest BCUT2D eigenvalue weighted by molar-refractivity contribution is 7.89. The summed E-state index contributed by atoms with van der Waals surface area (Å²) in [5, 5.41) is 8.25. The van der Waals surface area contributed by atoms with Gasteiger partial charge in [0.15, 0.2) is 0 Å². The van der Waals surface area contributed by atoms with Crippen molar-refractivity contribution in [1.29, 1.82) is 0 Å². The predicted octanol–water partition coefficient (Wildman–Crippen LogP) is 2.60. The molecule has 9 heteroatoms. The van der Waals surface area contributed by atoms with Gasteiger partial charge in [0.1, 0.15) is 5.75 Å². The van der Waals surface area contributed by atoms with Gasteiger partial charge in [0.05, 0.1) is 12.0 Å². The summed E-state index contributed by atoms with van der Waals surface area (Å²) >= 11 is 0. The van der Waals surface area contributed by atoms with Gasteiger partial charge in [-0.15, -0.1) is 10.2 Å². The predicted molar refractivity (Wildman–Crippen MR) is 116 cm³/mol. The number of benzene rings is 2. The summed E-state index contributed by atoms with van der Waals surface area (Å²) in [6.45, 7) is 4.81. The molecule has 0 aliphatic carbocycles. The lowest BCUT2D eigenvalue weighted by molar-refractivity contribution is 0.187. The number of sulfonamides is 1. The van der Waals surface area contributed by atoms with Crippen LogP contribution in [0.1, 0.15) is 11.5 Å². The maximum Gasteiger partial charge on any atom is 0.247 e. The first-order chi connectivity index (χ1) is 15.0. The second-order valence-electron chi connectivity index (χ2n) is 7.49. The summed E-state index contributed by atoms with van der Waals surface area (Å²) in [4.78, 5) is 2.52. The Labute approximate surface area is 182 Å². The van der Waals surface area contributed by atoms with Crippen LogP contribution in [0.2, 0.25) is 0 Å². The Balaban J connectivity index is 1.32. The molecule has 0 unspecified atom stereocenters. The second kappa shape index (κ2) is 9.17. The topological polar surface area (TPSA) is 88.8 Å². The third-order valence-electron chi connectivity index (χ3n) is 5.46. The fraction of sp³-hybridized carbons (Fsp3) is 0.364. The SMILES string of the molecule is COc1ccc(S(=O)(=O)N2CCN(CCc3nnc(-c4ccccc4)o3)CC2)cc1C. The molecule has 1 aliphatic rings. The van der Waals surface area contributed by atoms with Crippen molar-refractivity contribution >= 4 is 10.0 Å². The Morgan fingerprint density at radius 2 is 1.77 bits per heavy atom. The lowest BCUT2D eigenvalue weighted by Crippen LogP contribution is -2.49. The number of rotatable bonds is 7. The van der Waals surface area contributed by atoms with Crippen LogP contribution in [0.4, 0.5) is 0 Å². The van der Waals surface area contributed by atoms with Crippen LogP contribution in [0.25, 0.3) is 11.5 Å². The molecule has 1 saturated heterocycles. The van der Waals surface area contributed by atoms with Crippen molar-refractivity contribution in [3.05, 3.63) is 60.0 Å². The summed E-state index contributed by atoms with van der Waals surface area (Å²) in [5.41, 5.74) is 1.70. The van der Waals surface area contributed by atoms with E-state index < -0.39 is 10.0 Å². The Morgan fingerprint density at radius 1 is 1.03 bits per heavy atom. The Kier molecular flexibility index (Phi) is 6.35. The van der Waals surface area contributed by atoms with E-state index in [2.05, 4.69) is 15.1 Å². The lowest BCUT2D eigenvalue weighted by atomic mass is 10.2. The van der Waals surface area contributed by atoms with Crippen molar-refractivity contribution in [3.8, 4) is 17.2 Å². The van der Waals surface area contributed by atoms with Gasteiger partial charge in [0.2, 0.25) is 21.8 Å². The summed E-state index contributed by atoms with van der Waals surface area (Å²) in [7, 11) is -1.94.